The van der Waals surface area contributed by atoms with Crippen molar-refractivity contribution in [1.82, 2.24) is 20.4 Å². The molecule has 1 amide bonds. The number of aromatic nitrogens is 3. The van der Waals surface area contributed by atoms with E-state index in [1.807, 2.05) is 0 Å². The molecule has 2 heterocycles. The molecule has 0 saturated heterocycles. The normalized spacial score (nSPS) is 11.7. The summed E-state index contributed by atoms with van der Waals surface area (Å²) in [6.07, 6.45) is 4.32. The van der Waals surface area contributed by atoms with Crippen molar-refractivity contribution in [3.05, 3.63) is 42.9 Å². The van der Waals surface area contributed by atoms with Gasteiger partial charge in [0.2, 0.25) is 17.6 Å². The van der Waals surface area contributed by atoms with Crippen molar-refractivity contribution in [2.45, 2.75) is 31.7 Å². The molecule has 0 aromatic carbocycles. The number of carboxylic acid groups (broad SMARTS) is 1. The van der Waals surface area contributed by atoms with Gasteiger partial charge in [-0.2, -0.15) is 4.98 Å². The van der Waals surface area contributed by atoms with Crippen LogP contribution < -0.4 is 5.32 Å². The average molecular weight is 330 g/mol. The van der Waals surface area contributed by atoms with Crippen LogP contribution in [-0.2, 0) is 16.0 Å². The van der Waals surface area contributed by atoms with Crippen LogP contribution in [-0.4, -0.2) is 38.1 Å². The van der Waals surface area contributed by atoms with Gasteiger partial charge >= 0.3 is 5.97 Å². The van der Waals surface area contributed by atoms with Gasteiger partial charge in [0.25, 0.3) is 0 Å². The van der Waals surface area contributed by atoms with Gasteiger partial charge in [-0.1, -0.05) is 17.3 Å². The fourth-order valence-electron chi connectivity index (χ4n) is 1.98. The van der Waals surface area contributed by atoms with Crippen molar-refractivity contribution >= 4 is 11.9 Å². The van der Waals surface area contributed by atoms with Crippen molar-refractivity contribution < 1.29 is 19.2 Å². The van der Waals surface area contributed by atoms with E-state index >= 15 is 0 Å². The summed E-state index contributed by atoms with van der Waals surface area (Å²) in [7, 11) is 0. The van der Waals surface area contributed by atoms with E-state index in [4.69, 9.17) is 9.63 Å². The number of pyridine rings is 1. The summed E-state index contributed by atoms with van der Waals surface area (Å²) in [4.78, 5) is 31.2. The van der Waals surface area contributed by atoms with Crippen molar-refractivity contribution in [2.24, 2.45) is 0 Å². The minimum absolute atomic E-state index is 0.0573. The zero-order chi connectivity index (χ0) is 17.4. The molecule has 2 N–H and O–H groups in total. The molecule has 0 saturated carbocycles. The molecule has 0 spiro atoms. The molecular formula is C16H18N4O4. The first-order valence-electron chi connectivity index (χ1n) is 7.47. The fourth-order valence-corrected chi connectivity index (χ4v) is 1.98. The quantitative estimate of drug-likeness (QED) is 0.670. The number of carbonyl (C=O) groups is 2. The molecule has 1 atom stereocenters. The molecule has 2 aromatic rings. The van der Waals surface area contributed by atoms with Crippen LogP contribution in [0.4, 0.5) is 0 Å². The van der Waals surface area contributed by atoms with Gasteiger partial charge in [0.1, 0.15) is 11.7 Å². The van der Waals surface area contributed by atoms with Gasteiger partial charge in [0, 0.05) is 19.0 Å². The van der Waals surface area contributed by atoms with Crippen LogP contribution in [0.1, 0.15) is 25.2 Å². The largest absolute Gasteiger partial charge is 0.480 e. The highest BCUT2D eigenvalue weighted by Crippen LogP contribution is 2.12. The smallest absolute Gasteiger partial charge is 0.326 e. The Bertz CT molecular complexity index is 699. The lowest BCUT2D eigenvalue weighted by atomic mass is 10.1. The molecule has 2 rings (SSSR count). The molecule has 0 aliphatic carbocycles. The van der Waals surface area contributed by atoms with E-state index in [0.717, 1.165) is 0 Å². The maximum absolute atomic E-state index is 11.9. The van der Waals surface area contributed by atoms with E-state index in [-0.39, 0.29) is 18.7 Å². The second-order valence-corrected chi connectivity index (χ2v) is 5.05. The van der Waals surface area contributed by atoms with Gasteiger partial charge in [0.05, 0.1) is 0 Å². The third-order valence-corrected chi connectivity index (χ3v) is 3.22. The maximum atomic E-state index is 11.9. The highest BCUT2D eigenvalue weighted by molar-refractivity contribution is 5.83. The van der Waals surface area contributed by atoms with Crippen LogP contribution in [0, 0.1) is 0 Å². The number of aliphatic carboxylic acids is 1. The standard InChI is InChI=1S/C16H18N4O4/c1-2-3-6-12(16(22)23)18-13(21)8-9-14-19-15(20-24-14)11-7-4-5-10-17-11/h2,4-5,7,10,12H,1,3,6,8-9H2,(H,18,21)(H,22,23). The highest BCUT2D eigenvalue weighted by atomic mass is 16.5. The van der Waals surface area contributed by atoms with Crippen LogP contribution >= 0.6 is 0 Å². The number of rotatable bonds is 9. The number of allylic oxidation sites excluding steroid dienone is 1. The zero-order valence-corrected chi connectivity index (χ0v) is 13.0. The molecule has 0 bridgehead atoms. The summed E-state index contributed by atoms with van der Waals surface area (Å²) >= 11 is 0. The second-order valence-electron chi connectivity index (χ2n) is 5.05. The minimum atomic E-state index is -1.07. The SMILES string of the molecule is C=CCCC(NC(=O)CCc1nc(-c2ccccn2)no1)C(=O)O. The monoisotopic (exact) mass is 330 g/mol. The fraction of sp³-hybridized carbons (Fsp3) is 0.312. The van der Waals surface area contributed by atoms with Crippen LogP contribution in [0.2, 0.25) is 0 Å². The number of hydrogen-bond acceptors (Lipinski definition) is 6. The summed E-state index contributed by atoms with van der Waals surface area (Å²) in [5.41, 5.74) is 0.576. The predicted molar refractivity (Wildman–Crippen MR) is 84.8 cm³/mol. The van der Waals surface area contributed by atoms with E-state index in [9.17, 15) is 9.59 Å². The van der Waals surface area contributed by atoms with Gasteiger partial charge in [-0.3, -0.25) is 9.78 Å². The number of aryl methyl sites for hydroxylation is 1. The van der Waals surface area contributed by atoms with Gasteiger partial charge in [0.15, 0.2) is 0 Å². The molecule has 8 heteroatoms. The van der Waals surface area contributed by atoms with Gasteiger partial charge in [-0.05, 0) is 25.0 Å². The van der Waals surface area contributed by atoms with Crippen LogP contribution in [0.3, 0.4) is 0 Å². The molecule has 1 unspecified atom stereocenters. The molecular weight excluding hydrogens is 312 g/mol. The predicted octanol–water partition coefficient (Wildman–Crippen LogP) is 1.60. The molecule has 2 aromatic heterocycles. The lowest BCUT2D eigenvalue weighted by molar-refractivity contribution is -0.142. The first-order chi connectivity index (χ1) is 11.6. The molecule has 0 fully saturated rings. The maximum Gasteiger partial charge on any atom is 0.326 e. The average Bonchev–Trinajstić information content (AvgIpc) is 3.06. The summed E-state index contributed by atoms with van der Waals surface area (Å²) in [5, 5.41) is 15.3. The van der Waals surface area contributed by atoms with Crippen molar-refractivity contribution in [3.63, 3.8) is 0 Å². The summed E-state index contributed by atoms with van der Waals surface area (Å²) in [5.74, 6) is -0.811. The summed E-state index contributed by atoms with van der Waals surface area (Å²) in [6.45, 7) is 3.54. The Labute approximate surface area is 138 Å². The van der Waals surface area contributed by atoms with E-state index < -0.39 is 12.0 Å². The van der Waals surface area contributed by atoms with Crippen LogP contribution in [0.25, 0.3) is 11.5 Å². The van der Waals surface area contributed by atoms with Crippen molar-refractivity contribution in [1.29, 1.82) is 0 Å². The molecule has 0 aliphatic heterocycles. The van der Waals surface area contributed by atoms with Gasteiger partial charge < -0.3 is 14.9 Å². The number of hydrogen-bond donors (Lipinski definition) is 2. The summed E-state index contributed by atoms with van der Waals surface area (Å²) in [6, 6.07) is 4.40. The molecule has 0 radical (unpaired) electrons. The molecule has 8 nitrogen and oxygen atoms in total. The van der Waals surface area contributed by atoms with Crippen molar-refractivity contribution in [2.75, 3.05) is 0 Å². The number of nitrogens with zero attached hydrogens (tertiary/aromatic N) is 3. The van der Waals surface area contributed by atoms with E-state index in [2.05, 4.69) is 27.0 Å². The van der Waals surface area contributed by atoms with E-state index in [0.29, 0.717) is 30.3 Å². The lowest BCUT2D eigenvalue weighted by Crippen LogP contribution is -2.40. The van der Waals surface area contributed by atoms with Gasteiger partial charge in [-0.15, -0.1) is 6.58 Å². The third-order valence-electron chi connectivity index (χ3n) is 3.22. The zero-order valence-electron chi connectivity index (χ0n) is 13.0. The Morgan fingerprint density at radius 2 is 2.25 bits per heavy atom. The second kappa shape index (κ2) is 8.56. The van der Waals surface area contributed by atoms with Gasteiger partial charge in [-0.25, -0.2) is 4.79 Å². The number of carboxylic acids is 1. The summed E-state index contributed by atoms with van der Waals surface area (Å²) < 4.78 is 5.08. The molecule has 0 aliphatic rings. The Hall–Kier alpha value is -3.03. The third kappa shape index (κ3) is 5.01. The van der Waals surface area contributed by atoms with Crippen LogP contribution in [0.5, 0.6) is 0 Å². The molecule has 126 valence electrons. The topological polar surface area (TPSA) is 118 Å². The Kier molecular flexibility index (Phi) is 6.18. The lowest BCUT2D eigenvalue weighted by Gasteiger charge is -2.12. The minimum Gasteiger partial charge on any atom is -0.480 e. The van der Waals surface area contributed by atoms with Crippen molar-refractivity contribution in [3.8, 4) is 11.5 Å². The Morgan fingerprint density at radius 1 is 1.42 bits per heavy atom. The number of amides is 1. The first kappa shape index (κ1) is 17.3. The van der Waals surface area contributed by atoms with E-state index in [1.165, 1.54) is 0 Å². The first-order valence-corrected chi connectivity index (χ1v) is 7.47. The van der Waals surface area contributed by atoms with E-state index in [1.54, 1.807) is 30.5 Å². The number of carbonyl (C=O) groups excluding carboxylic acids is 1. The van der Waals surface area contributed by atoms with Crippen LogP contribution in [0.15, 0.2) is 41.6 Å². The molecule has 24 heavy (non-hydrogen) atoms. The highest BCUT2D eigenvalue weighted by Gasteiger charge is 2.19. The number of nitrogens with one attached hydrogen (secondary N) is 1. The Balaban J connectivity index is 1.86. The Morgan fingerprint density at radius 3 is 2.92 bits per heavy atom.